The van der Waals surface area contributed by atoms with Crippen LogP contribution in [0.1, 0.15) is 38.6 Å². The Morgan fingerprint density at radius 3 is 2.63 bits per heavy atom. The topological polar surface area (TPSA) is 91.4 Å². The molecule has 2 aromatic rings. The molecule has 0 radical (unpaired) electrons. The SMILES string of the molecule is CC(C)(C)OC(=O)NCCCc1cccc2nc(CN)n(COCC[Si](C)(C)C)c12. The van der Waals surface area contributed by atoms with E-state index in [1.165, 1.54) is 5.56 Å². The molecular weight excluding hydrogens is 396 g/mol. The summed E-state index contributed by atoms with van der Waals surface area (Å²) in [6, 6.07) is 7.26. The minimum atomic E-state index is -1.13. The van der Waals surface area contributed by atoms with Gasteiger partial charge in [0.2, 0.25) is 0 Å². The van der Waals surface area contributed by atoms with Gasteiger partial charge in [-0.3, -0.25) is 0 Å². The van der Waals surface area contributed by atoms with Gasteiger partial charge >= 0.3 is 6.09 Å². The van der Waals surface area contributed by atoms with Crippen molar-refractivity contribution >= 4 is 25.2 Å². The molecule has 0 saturated heterocycles. The molecule has 0 aliphatic rings. The lowest BCUT2D eigenvalue weighted by Gasteiger charge is -2.19. The van der Waals surface area contributed by atoms with Crippen LogP contribution in [0.2, 0.25) is 25.7 Å². The van der Waals surface area contributed by atoms with Crippen molar-refractivity contribution in [2.24, 2.45) is 5.73 Å². The number of nitrogens with two attached hydrogens (primary N) is 1. The molecule has 0 bridgehead atoms. The van der Waals surface area contributed by atoms with Crippen molar-refractivity contribution in [3.05, 3.63) is 29.6 Å². The molecule has 3 N–H and O–H groups in total. The quantitative estimate of drug-likeness (QED) is 0.430. The number of amides is 1. The van der Waals surface area contributed by atoms with Crippen molar-refractivity contribution < 1.29 is 14.3 Å². The lowest BCUT2D eigenvalue weighted by atomic mass is 10.1. The highest BCUT2D eigenvalue weighted by molar-refractivity contribution is 6.76. The van der Waals surface area contributed by atoms with Crippen LogP contribution in [0.3, 0.4) is 0 Å². The number of benzene rings is 1. The van der Waals surface area contributed by atoms with Gasteiger partial charge < -0.3 is 25.1 Å². The first-order valence-electron chi connectivity index (χ1n) is 10.7. The number of rotatable bonds is 10. The molecule has 1 heterocycles. The average molecular weight is 435 g/mol. The Bertz CT molecular complexity index is 837. The first kappa shape index (κ1) is 24.4. The second kappa shape index (κ2) is 10.4. The number of hydrogen-bond acceptors (Lipinski definition) is 5. The molecule has 0 fully saturated rings. The standard InChI is InChI=1S/C22H38N4O3Si/c1-22(2,3)29-21(27)24-12-8-10-17-9-7-11-18-20(17)26(19(15-23)25-18)16-28-13-14-30(4,5)6/h7,9,11H,8,10,12-16,23H2,1-6H3,(H,24,27). The first-order chi connectivity index (χ1) is 14.0. The molecule has 1 amide bonds. The lowest BCUT2D eigenvalue weighted by Crippen LogP contribution is -2.33. The number of alkyl carbamates (subject to hydrolysis) is 1. The van der Waals surface area contributed by atoms with Gasteiger partial charge in [0, 0.05) is 21.2 Å². The number of aryl methyl sites for hydroxylation is 1. The van der Waals surface area contributed by atoms with Gasteiger partial charge in [0.25, 0.3) is 0 Å². The number of nitrogens with zero attached hydrogens (tertiary/aromatic N) is 2. The Labute approximate surface area is 181 Å². The summed E-state index contributed by atoms with van der Waals surface area (Å²) >= 11 is 0. The van der Waals surface area contributed by atoms with E-state index in [-0.39, 0.29) is 6.09 Å². The smallest absolute Gasteiger partial charge is 0.407 e. The van der Waals surface area contributed by atoms with Crippen LogP contribution in [0, 0.1) is 0 Å². The highest BCUT2D eigenvalue weighted by Crippen LogP contribution is 2.22. The molecule has 168 valence electrons. The van der Waals surface area contributed by atoms with Crippen LogP contribution >= 0.6 is 0 Å². The van der Waals surface area contributed by atoms with E-state index in [0.29, 0.717) is 19.8 Å². The minimum absolute atomic E-state index is 0.367. The van der Waals surface area contributed by atoms with Gasteiger partial charge in [-0.05, 0) is 51.3 Å². The Morgan fingerprint density at radius 2 is 2.00 bits per heavy atom. The third-order valence-electron chi connectivity index (χ3n) is 4.62. The summed E-state index contributed by atoms with van der Waals surface area (Å²) in [5.41, 5.74) is 8.64. The summed E-state index contributed by atoms with van der Waals surface area (Å²) in [5.74, 6) is 0.831. The fraction of sp³-hybridized carbons (Fsp3) is 0.636. The van der Waals surface area contributed by atoms with Gasteiger partial charge in [-0.25, -0.2) is 9.78 Å². The van der Waals surface area contributed by atoms with Crippen LogP contribution in [-0.4, -0.2) is 42.5 Å². The number of fused-ring (bicyclic) bond motifs is 1. The number of hydrogen-bond donors (Lipinski definition) is 2. The molecule has 1 aromatic heterocycles. The molecule has 2 rings (SSSR count). The summed E-state index contributed by atoms with van der Waals surface area (Å²) in [6.45, 7) is 14.7. The predicted molar refractivity (Wildman–Crippen MR) is 124 cm³/mol. The van der Waals surface area contributed by atoms with Crippen LogP contribution in [0.5, 0.6) is 0 Å². The van der Waals surface area contributed by atoms with Crippen LogP contribution in [0.15, 0.2) is 18.2 Å². The van der Waals surface area contributed by atoms with E-state index in [1.54, 1.807) is 0 Å². The number of carbonyl (C=O) groups excluding carboxylic acids is 1. The van der Waals surface area contributed by atoms with E-state index < -0.39 is 13.7 Å². The Morgan fingerprint density at radius 1 is 1.27 bits per heavy atom. The van der Waals surface area contributed by atoms with Gasteiger partial charge in [0.15, 0.2) is 0 Å². The third-order valence-corrected chi connectivity index (χ3v) is 6.32. The summed E-state index contributed by atoms with van der Waals surface area (Å²) in [6.07, 6.45) is 1.24. The van der Waals surface area contributed by atoms with E-state index >= 15 is 0 Å². The number of para-hydroxylation sites is 1. The number of carbonyl (C=O) groups is 1. The molecular formula is C22H38N4O3Si. The van der Waals surface area contributed by atoms with Gasteiger partial charge in [-0.1, -0.05) is 31.8 Å². The zero-order valence-corrected chi connectivity index (χ0v) is 20.4. The van der Waals surface area contributed by atoms with E-state index in [2.05, 4.69) is 35.6 Å². The predicted octanol–water partition coefficient (Wildman–Crippen LogP) is 4.26. The van der Waals surface area contributed by atoms with Gasteiger partial charge in [-0.15, -0.1) is 0 Å². The average Bonchev–Trinajstić information content (AvgIpc) is 2.98. The Kier molecular flexibility index (Phi) is 8.46. The summed E-state index contributed by atoms with van der Waals surface area (Å²) in [5, 5.41) is 2.82. The second-order valence-corrected chi connectivity index (χ2v) is 15.4. The Hall–Kier alpha value is -1.90. The molecule has 0 aliphatic heterocycles. The van der Waals surface area contributed by atoms with E-state index in [0.717, 1.165) is 42.4 Å². The summed E-state index contributed by atoms with van der Waals surface area (Å²) < 4.78 is 13.4. The first-order valence-corrected chi connectivity index (χ1v) is 14.4. The third kappa shape index (κ3) is 7.74. The molecule has 7 nitrogen and oxygen atoms in total. The maximum atomic E-state index is 11.8. The second-order valence-electron chi connectivity index (χ2n) is 9.83. The normalized spacial score (nSPS) is 12.4. The molecule has 0 unspecified atom stereocenters. The molecule has 1 aromatic carbocycles. The monoisotopic (exact) mass is 434 g/mol. The number of aromatic nitrogens is 2. The van der Waals surface area contributed by atoms with Gasteiger partial charge in [-0.2, -0.15) is 0 Å². The highest BCUT2D eigenvalue weighted by Gasteiger charge is 2.17. The van der Waals surface area contributed by atoms with Crippen molar-refractivity contribution in [1.29, 1.82) is 0 Å². The van der Waals surface area contributed by atoms with Crippen molar-refractivity contribution in [2.45, 2.75) is 78.2 Å². The van der Waals surface area contributed by atoms with Crippen molar-refractivity contribution in [3.8, 4) is 0 Å². The van der Waals surface area contributed by atoms with Crippen LogP contribution in [0.4, 0.5) is 4.79 Å². The molecule has 8 heteroatoms. The molecule has 30 heavy (non-hydrogen) atoms. The van der Waals surface area contributed by atoms with Crippen LogP contribution in [-0.2, 0) is 29.2 Å². The summed E-state index contributed by atoms with van der Waals surface area (Å²) in [7, 11) is -1.13. The van der Waals surface area contributed by atoms with E-state index in [1.807, 2.05) is 32.9 Å². The number of ether oxygens (including phenoxy) is 2. The van der Waals surface area contributed by atoms with Gasteiger partial charge in [0.05, 0.1) is 17.6 Å². The van der Waals surface area contributed by atoms with E-state index in [9.17, 15) is 4.79 Å². The van der Waals surface area contributed by atoms with Crippen molar-refractivity contribution in [2.75, 3.05) is 13.2 Å². The summed E-state index contributed by atoms with van der Waals surface area (Å²) in [4.78, 5) is 16.5. The van der Waals surface area contributed by atoms with Crippen LogP contribution in [0.25, 0.3) is 11.0 Å². The fourth-order valence-corrected chi connectivity index (χ4v) is 3.88. The van der Waals surface area contributed by atoms with Crippen molar-refractivity contribution in [3.63, 3.8) is 0 Å². The van der Waals surface area contributed by atoms with Crippen molar-refractivity contribution in [1.82, 2.24) is 14.9 Å². The largest absolute Gasteiger partial charge is 0.444 e. The maximum Gasteiger partial charge on any atom is 0.407 e. The minimum Gasteiger partial charge on any atom is -0.444 e. The number of imidazole rings is 1. The van der Waals surface area contributed by atoms with Gasteiger partial charge in [0.1, 0.15) is 18.2 Å². The van der Waals surface area contributed by atoms with E-state index in [4.69, 9.17) is 20.2 Å². The molecule has 0 atom stereocenters. The maximum absolute atomic E-state index is 11.8. The molecule has 0 spiro atoms. The fourth-order valence-electron chi connectivity index (χ4n) is 3.12. The zero-order chi connectivity index (χ0) is 22.4. The Balaban J connectivity index is 2.03. The van der Waals surface area contributed by atoms with Crippen LogP contribution < -0.4 is 11.1 Å². The molecule has 0 saturated carbocycles. The molecule has 0 aliphatic carbocycles. The lowest BCUT2D eigenvalue weighted by molar-refractivity contribution is 0.0527. The number of nitrogens with one attached hydrogen (secondary N) is 1. The highest BCUT2D eigenvalue weighted by atomic mass is 28.3. The zero-order valence-electron chi connectivity index (χ0n) is 19.4.